The number of hydrogen-bond donors (Lipinski definition) is 2. The van der Waals surface area contributed by atoms with Crippen molar-refractivity contribution in [3.63, 3.8) is 0 Å². The van der Waals surface area contributed by atoms with Crippen LogP contribution >= 0.6 is 0 Å². The molecule has 1 heterocycles. The first-order valence-corrected chi connectivity index (χ1v) is 15.6. The van der Waals surface area contributed by atoms with Crippen molar-refractivity contribution in [2.24, 2.45) is 5.92 Å². The van der Waals surface area contributed by atoms with E-state index in [9.17, 15) is 14.4 Å². The van der Waals surface area contributed by atoms with E-state index in [0.29, 0.717) is 48.7 Å². The Bertz CT molecular complexity index is 1380. The van der Waals surface area contributed by atoms with Crippen LogP contribution in [0.4, 0.5) is 10.5 Å². The minimum atomic E-state index is -0.871. The molecule has 2 aliphatic rings. The second-order valence-corrected chi connectivity index (χ2v) is 13.4. The van der Waals surface area contributed by atoms with Gasteiger partial charge in [-0.2, -0.15) is 0 Å². The minimum Gasteiger partial charge on any atom is -0.493 e. The van der Waals surface area contributed by atoms with Crippen molar-refractivity contribution >= 4 is 23.7 Å². The summed E-state index contributed by atoms with van der Waals surface area (Å²) in [6.07, 6.45) is 0.957. The van der Waals surface area contributed by atoms with Crippen molar-refractivity contribution in [1.82, 2.24) is 10.4 Å². The van der Waals surface area contributed by atoms with Gasteiger partial charge in [0.2, 0.25) is 5.91 Å². The van der Waals surface area contributed by atoms with Gasteiger partial charge in [-0.3, -0.25) is 9.59 Å². The molecule has 4 rings (SSSR count). The molecule has 1 aliphatic carbocycles. The van der Waals surface area contributed by atoms with Gasteiger partial charge in [-0.15, -0.1) is 5.48 Å². The summed E-state index contributed by atoms with van der Waals surface area (Å²) in [5.41, 5.74) is 4.15. The van der Waals surface area contributed by atoms with Gasteiger partial charge in [-0.1, -0.05) is 18.2 Å². The predicted octanol–water partition coefficient (Wildman–Crippen LogP) is 6.52. The average Bonchev–Trinajstić information content (AvgIpc) is 3.75. The van der Waals surface area contributed by atoms with Crippen LogP contribution in [0.25, 0.3) is 0 Å². The summed E-state index contributed by atoms with van der Waals surface area (Å²) >= 11 is 0. The van der Waals surface area contributed by atoms with E-state index in [2.05, 4.69) is 10.8 Å². The van der Waals surface area contributed by atoms with E-state index >= 15 is 0 Å². The molecule has 2 amide bonds. The summed E-state index contributed by atoms with van der Waals surface area (Å²) in [6, 6.07) is 10.8. The zero-order valence-electron chi connectivity index (χ0n) is 27.7. The number of methoxy groups -OCH3 is 1. The van der Waals surface area contributed by atoms with Gasteiger partial charge in [0.25, 0.3) is 5.91 Å². The number of rotatable bonds is 13. The maximum Gasteiger partial charge on any atom is 0.528 e. The molecule has 1 aliphatic heterocycles. The van der Waals surface area contributed by atoms with E-state index in [1.807, 2.05) is 58.0 Å². The van der Waals surface area contributed by atoms with Crippen LogP contribution in [0, 0.1) is 5.92 Å². The number of amides is 2. The highest BCUT2D eigenvalue weighted by atomic mass is 16.8. The Morgan fingerprint density at radius 3 is 2.36 bits per heavy atom. The molecule has 246 valence electrons. The summed E-state index contributed by atoms with van der Waals surface area (Å²) in [5, 5.41) is 2.98. The highest BCUT2D eigenvalue weighted by molar-refractivity contribution is 6.07. The van der Waals surface area contributed by atoms with Gasteiger partial charge in [-0.25, -0.2) is 4.79 Å². The number of benzene rings is 2. The largest absolute Gasteiger partial charge is 0.528 e. The molecule has 0 radical (unpaired) electrons. The van der Waals surface area contributed by atoms with Crippen molar-refractivity contribution in [3.05, 3.63) is 53.1 Å². The van der Waals surface area contributed by atoms with Gasteiger partial charge in [0.1, 0.15) is 11.8 Å². The highest BCUT2D eigenvalue weighted by Gasteiger charge is 2.38. The lowest BCUT2D eigenvalue weighted by atomic mass is 9.99. The third-order valence-corrected chi connectivity index (χ3v) is 7.28. The second kappa shape index (κ2) is 14.1. The fourth-order valence-corrected chi connectivity index (χ4v) is 5.25. The van der Waals surface area contributed by atoms with Crippen LogP contribution in [0.3, 0.4) is 0 Å². The maximum atomic E-state index is 14.1. The standard InChI is InChI=1S/C34H47N3O8/c1-9-42-27-19-22(15-17-26(27)41-8)25(16-18-28(43-33(2,3)4)36-45-32(40)44-34(5,6)7)37-20-23-11-10-12-24(29(23)31(37)39)35-30(38)21-13-14-21/h10-12,15,17,19,21,25,28,36H,9,13-14,16,18,20H2,1-8H3,(H,35,38)/t25-,28?/m1/s1. The molecule has 11 heteroatoms. The van der Waals surface area contributed by atoms with Crippen molar-refractivity contribution < 1.29 is 38.2 Å². The topological polar surface area (TPSA) is 125 Å². The van der Waals surface area contributed by atoms with Gasteiger partial charge in [0.15, 0.2) is 11.5 Å². The van der Waals surface area contributed by atoms with E-state index in [1.165, 1.54) is 0 Å². The summed E-state index contributed by atoms with van der Waals surface area (Å²) < 4.78 is 22.9. The fraction of sp³-hybridized carbons (Fsp3) is 0.559. The van der Waals surface area contributed by atoms with Gasteiger partial charge < -0.3 is 34.0 Å². The highest BCUT2D eigenvalue weighted by Crippen LogP contribution is 2.40. The lowest BCUT2D eigenvalue weighted by Gasteiger charge is -2.32. The number of carbonyl (C=O) groups excluding carboxylic acids is 3. The molecule has 0 spiro atoms. The Balaban J connectivity index is 1.63. The van der Waals surface area contributed by atoms with Gasteiger partial charge in [0, 0.05) is 12.5 Å². The van der Waals surface area contributed by atoms with Crippen molar-refractivity contribution in [2.45, 2.75) is 104 Å². The summed E-state index contributed by atoms with van der Waals surface area (Å²) in [4.78, 5) is 46.1. The van der Waals surface area contributed by atoms with Crippen LogP contribution in [0.1, 0.15) is 102 Å². The van der Waals surface area contributed by atoms with Crippen LogP contribution in [0.2, 0.25) is 0 Å². The number of carbonyl (C=O) groups is 3. The molecule has 1 unspecified atom stereocenters. The summed E-state index contributed by atoms with van der Waals surface area (Å²) in [5.74, 6) is 0.926. The summed E-state index contributed by atoms with van der Waals surface area (Å²) in [6.45, 7) is 13.7. The van der Waals surface area contributed by atoms with Crippen molar-refractivity contribution in [1.29, 1.82) is 0 Å². The molecule has 0 saturated heterocycles. The molecule has 0 aromatic heterocycles. The van der Waals surface area contributed by atoms with Crippen LogP contribution in [-0.4, -0.2) is 54.0 Å². The first kappa shape index (κ1) is 34.1. The van der Waals surface area contributed by atoms with Crippen LogP contribution in [0.5, 0.6) is 11.5 Å². The lowest BCUT2D eigenvalue weighted by Crippen LogP contribution is -2.41. The third-order valence-electron chi connectivity index (χ3n) is 7.28. The van der Waals surface area contributed by atoms with Gasteiger partial charge in [-0.05, 0) is 103 Å². The van der Waals surface area contributed by atoms with Gasteiger partial charge >= 0.3 is 6.16 Å². The monoisotopic (exact) mass is 625 g/mol. The number of anilines is 1. The lowest BCUT2D eigenvalue weighted by molar-refractivity contribution is -0.141. The zero-order valence-corrected chi connectivity index (χ0v) is 27.7. The Morgan fingerprint density at radius 1 is 1.00 bits per heavy atom. The number of hydrogen-bond acceptors (Lipinski definition) is 9. The molecule has 2 atom stereocenters. The Hall–Kier alpha value is -3.83. The molecule has 2 N–H and O–H groups in total. The smallest absolute Gasteiger partial charge is 0.493 e. The van der Waals surface area contributed by atoms with E-state index in [1.54, 1.807) is 38.8 Å². The van der Waals surface area contributed by atoms with Crippen LogP contribution in [-0.2, 0) is 25.7 Å². The minimum absolute atomic E-state index is 0.00708. The molecule has 2 aromatic rings. The first-order valence-electron chi connectivity index (χ1n) is 15.6. The Kier molecular flexibility index (Phi) is 10.7. The maximum absolute atomic E-state index is 14.1. The van der Waals surface area contributed by atoms with Crippen molar-refractivity contribution in [2.75, 3.05) is 19.0 Å². The molecule has 2 aromatic carbocycles. The number of nitrogens with zero attached hydrogens (tertiary/aromatic N) is 1. The molecular weight excluding hydrogens is 578 g/mol. The molecule has 11 nitrogen and oxygen atoms in total. The molecular formula is C34H47N3O8. The van der Waals surface area contributed by atoms with E-state index < -0.39 is 29.6 Å². The molecule has 0 bridgehead atoms. The first-order chi connectivity index (χ1) is 21.2. The molecule has 1 saturated carbocycles. The molecule has 1 fully saturated rings. The number of nitrogens with one attached hydrogen (secondary N) is 2. The SMILES string of the molecule is CCOc1cc([C@@H](CCC(NOC(=O)OC(C)(C)C)OC(C)(C)C)N2Cc3cccc(NC(=O)C4CC4)c3C2=O)ccc1OC. The number of hydroxylamine groups is 1. The Labute approximate surface area is 265 Å². The Morgan fingerprint density at radius 2 is 1.73 bits per heavy atom. The fourth-order valence-electron chi connectivity index (χ4n) is 5.25. The third kappa shape index (κ3) is 9.34. The number of ether oxygens (including phenoxy) is 4. The van der Waals surface area contributed by atoms with E-state index in [4.69, 9.17) is 23.8 Å². The number of fused-ring (bicyclic) bond motifs is 1. The van der Waals surface area contributed by atoms with E-state index in [-0.39, 0.29) is 17.7 Å². The molecule has 45 heavy (non-hydrogen) atoms. The van der Waals surface area contributed by atoms with Crippen LogP contribution in [0.15, 0.2) is 36.4 Å². The average molecular weight is 626 g/mol. The van der Waals surface area contributed by atoms with Gasteiger partial charge in [0.05, 0.1) is 36.6 Å². The summed E-state index contributed by atoms with van der Waals surface area (Å²) in [7, 11) is 1.58. The zero-order chi connectivity index (χ0) is 32.9. The van der Waals surface area contributed by atoms with E-state index in [0.717, 1.165) is 24.0 Å². The predicted molar refractivity (Wildman–Crippen MR) is 169 cm³/mol. The van der Waals surface area contributed by atoms with Crippen LogP contribution < -0.4 is 20.3 Å². The van der Waals surface area contributed by atoms with Crippen molar-refractivity contribution in [3.8, 4) is 11.5 Å². The normalized spacial score (nSPS) is 16.1. The quantitative estimate of drug-likeness (QED) is 0.145. The second-order valence-electron chi connectivity index (χ2n) is 13.4.